The van der Waals surface area contributed by atoms with Crippen LogP contribution in [0.2, 0.25) is 10.0 Å². The first-order valence-corrected chi connectivity index (χ1v) is 21.5. The van der Waals surface area contributed by atoms with Gasteiger partial charge in [0.25, 0.3) is 0 Å². The van der Waals surface area contributed by atoms with Gasteiger partial charge >= 0.3 is 12.4 Å². The van der Waals surface area contributed by atoms with Crippen LogP contribution in [0.15, 0.2) is 97.1 Å². The lowest BCUT2D eigenvalue weighted by atomic mass is 10.00. The number of alkyl halides is 6. The van der Waals surface area contributed by atoms with Crippen LogP contribution in [-0.4, -0.2) is 95.1 Å². The van der Waals surface area contributed by atoms with Crippen molar-refractivity contribution in [3.8, 4) is 0 Å². The highest BCUT2D eigenvalue weighted by atomic mass is 35.5. The Kier molecular flexibility index (Phi) is 15.0. The van der Waals surface area contributed by atoms with E-state index in [2.05, 4.69) is 44.9 Å². The Labute approximate surface area is 363 Å². The van der Waals surface area contributed by atoms with Gasteiger partial charge in [0.15, 0.2) is 0 Å². The SMILES string of the molecule is O=C(CN(NC1CCN(Cc2ccccc2)CC1)NC1CCN(Cc2ccccc2)CC1)N1CCN(Cc2cc(C(F)(F)F)cc(C(F)(F)F)c2)CC1c1ccc(Cl)c(Cl)c1. The lowest BCUT2D eigenvalue weighted by Crippen LogP contribution is -2.62. The molecule has 0 aromatic heterocycles. The average Bonchev–Trinajstić information content (AvgIpc) is 3.23. The van der Waals surface area contributed by atoms with Gasteiger partial charge in [-0.25, -0.2) is 10.9 Å². The van der Waals surface area contributed by atoms with Crippen LogP contribution in [0.1, 0.15) is 65.1 Å². The maximum Gasteiger partial charge on any atom is 0.416 e. The van der Waals surface area contributed by atoms with E-state index in [0.717, 1.165) is 77.1 Å². The molecule has 0 spiro atoms. The molecule has 8 nitrogen and oxygen atoms in total. The molecular weight excluding hydrogens is 839 g/mol. The van der Waals surface area contributed by atoms with Gasteiger partial charge in [0, 0.05) is 77.5 Å². The van der Waals surface area contributed by atoms with Gasteiger partial charge in [0.1, 0.15) is 6.54 Å². The zero-order valence-electron chi connectivity index (χ0n) is 33.7. The molecule has 4 aromatic carbocycles. The molecule has 16 heteroatoms. The quantitative estimate of drug-likeness (QED) is 0.103. The van der Waals surface area contributed by atoms with Crippen LogP contribution in [0.5, 0.6) is 0 Å². The molecule has 328 valence electrons. The number of piperazine rings is 1. The van der Waals surface area contributed by atoms with Gasteiger partial charge in [0.05, 0.1) is 27.2 Å². The number of carbonyl (C=O) groups excluding carboxylic acids is 1. The largest absolute Gasteiger partial charge is 0.416 e. The third-order valence-electron chi connectivity index (χ3n) is 11.8. The molecule has 61 heavy (non-hydrogen) atoms. The van der Waals surface area contributed by atoms with E-state index in [0.29, 0.717) is 10.6 Å². The first-order chi connectivity index (χ1) is 29.2. The van der Waals surface area contributed by atoms with Crippen molar-refractivity contribution in [2.24, 2.45) is 0 Å². The summed E-state index contributed by atoms with van der Waals surface area (Å²) in [6.45, 7) is 5.65. The number of likely N-dealkylation sites (tertiary alicyclic amines) is 2. The molecule has 0 saturated carbocycles. The molecule has 7 rings (SSSR count). The Balaban J connectivity index is 1.06. The molecule has 3 aliphatic rings. The normalized spacial score (nSPS) is 19.5. The van der Waals surface area contributed by atoms with Crippen LogP contribution in [0.4, 0.5) is 26.3 Å². The van der Waals surface area contributed by atoms with Crippen molar-refractivity contribution < 1.29 is 31.1 Å². The Morgan fingerprint density at radius 1 is 0.590 bits per heavy atom. The molecular formula is C45H51Cl2F6N7O. The monoisotopic (exact) mass is 889 g/mol. The number of nitrogens with one attached hydrogen (secondary N) is 2. The molecule has 1 unspecified atom stereocenters. The van der Waals surface area contributed by atoms with Gasteiger partial charge in [-0.15, -0.1) is 0 Å². The van der Waals surface area contributed by atoms with Crippen molar-refractivity contribution in [2.75, 3.05) is 52.4 Å². The first-order valence-electron chi connectivity index (χ1n) is 20.7. The third-order valence-corrected chi connectivity index (χ3v) is 12.5. The lowest BCUT2D eigenvalue weighted by Gasteiger charge is -2.43. The molecule has 2 N–H and O–H groups in total. The van der Waals surface area contributed by atoms with Crippen LogP contribution in [0, 0.1) is 0 Å². The van der Waals surface area contributed by atoms with Gasteiger partial charge in [-0.05, 0) is 78.3 Å². The maximum absolute atomic E-state index is 14.6. The number of amides is 1. The summed E-state index contributed by atoms with van der Waals surface area (Å²) in [5.41, 5.74) is 7.64. The topological polar surface area (TPSA) is 57.3 Å². The van der Waals surface area contributed by atoms with Gasteiger partial charge in [-0.3, -0.25) is 19.5 Å². The molecule has 0 aliphatic carbocycles. The Hall–Kier alpha value is -3.73. The summed E-state index contributed by atoms with van der Waals surface area (Å²) >= 11 is 12.7. The number of carbonyl (C=O) groups is 1. The number of rotatable bonds is 13. The standard InChI is InChI=1S/C45H51Cl2F6N7O/c46-40-12-11-35(25-41(40)47)42-30-58(29-34-23-36(44(48,49)50)26-37(24-34)45(51,52)53)21-22-59(42)43(61)31-60(54-38-13-17-56(18-14-38)27-32-7-3-1-4-8-32)55-39-15-19-57(20-16-39)28-33-9-5-2-6-10-33/h1-12,23-26,38-39,42,54-55H,13-22,27-31H2. The summed E-state index contributed by atoms with van der Waals surface area (Å²) in [5.74, 6) is -0.197. The molecule has 3 heterocycles. The van der Waals surface area contributed by atoms with Crippen molar-refractivity contribution in [3.05, 3.63) is 140 Å². The zero-order valence-corrected chi connectivity index (χ0v) is 35.3. The highest BCUT2D eigenvalue weighted by Gasteiger charge is 2.38. The molecule has 3 fully saturated rings. The predicted molar refractivity (Wildman–Crippen MR) is 225 cm³/mol. The highest BCUT2D eigenvalue weighted by molar-refractivity contribution is 6.42. The van der Waals surface area contributed by atoms with Gasteiger partial charge < -0.3 is 4.90 Å². The molecule has 4 aromatic rings. The number of piperidine rings is 2. The summed E-state index contributed by atoms with van der Waals surface area (Å²) in [6.07, 6.45) is -6.41. The molecule has 1 atom stereocenters. The minimum atomic E-state index is -4.96. The summed E-state index contributed by atoms with van der Waals surface area (Å²) in [6, 6.07) is 27.0. The maximum atomic E-state index is 14.6. The second-order valence-corrected chi connectivity index (χ2v) is 17.2. The van der Waals surface area contributed by atoms with E-state index in [-0.39, 0.29) is 67.4 Å². The zero-order chi connectivity index (χ0) is 43.1. The number of nitrogens with zero attached hydrogens (tertiary/aromatic N) is 5. The Morgan fingerprint density at radius 3 is 1.56 bits per heavy atom. The average molecular weight is 891 g/mol. The van der Waals surface area contributed by atoms with Crippen molar-refractivity contribution in [1.82, 2.24) is 35.6 Å². The summed E-state index contributed by atoms with van der Waals surface area (Å²) < 4.78 is 82.4. The van der Waals surface area contributed by atoms with Crippen molar-refractivity contribution in [1.29, 1.82) is 0 Å². The van der Waals surface area contributed by atoms with Gasteiger partial charge in [-0.1, -0.05) is 89.9 Å². The van der Waals surface area contributed by atoms with Crippen molar-refractivity contribution in [2.45, 2.75) is 75.8 Å². The van der Waals surface area contributed by atoms with Crippen LogP contribution in [-0.2, 0) is 36.8 Å². The lowest BCUT2D eigenvalue weighted by molar-refractivity contribution is -0.144. The molecule has 1 amide bonds. The van der Waals surface area contributed by atoms with Crippen molar-refractivity contribution in [3.63, 3.8) is 0 Å². The predicted octanol–water partition coefficient (Wildman–Crippen LogP) is 9.06. The molecule has 3 saturated heterocycles. The van der Waals surface area contributed by atoms with Crippen LogP contribution in [0.3, 0.4) is 0 Å². The number of hydrazine groups is 2. The van der Waals surface area contributed by atoms with Crippen LogP contribution >= 0.6 is 23.2 Å². The fourth-order valence-corrected chi connectivity index (χ4v) is 8.88. The fourth-order valence-electron chi connectivity index (χ4n) is 8.57. The Bertz CT molecular complexity index is 1950. The smallest absolute Gasteiger partial charge is 0.332 e. The Morgan fingerprint density at radius 2 is 1.08 bits per heavy atom. The second-order valence-electron chi connectivity index (χ2n) is 16.3. The van der Waals surface area contributed by atoms with E-state index in [1.807, 2.05) is 41.5 Å². The first kappa shape index (κ1) is 45.3. The number of hydrogen-bond acceptors (Lipinski definition) is 7. The minimum Gasteiger partial charge on any atom is -0.332 e. The van der Waals surface area contributed by atoms with E-state index < -0.39 is 29.5 Å². The fraction of sp³-hybridized carbons (Fsp3) is 0.444. The van der Waals surface area contributed by atoms with E-state index in [9.17, 15) is 31.1 Å². The van der Waals surface area contributed by atoms with Crippen molar-refractivity contribution >= 4 is 29.1 Å². The van der Waals surface area contributed by atoms with E-state index in [1.165, 1.54) is 11.1 Å². The van der Waals surface area contributed by atoms with Gasteiger partial charge in [0.2, 0.25) is 5.91 Å². The van der Waals surface area contributed by atoms with E-state index >= 15 is 0 Å². The minimum absolute atomic E-state index is 0.0190. The summed E-state index contributed by atoms with van der Waals surface area (Å²) in [5, 5.41) is 2.42. The molecule has 0 bridgehead atoms. The number of hydrogen-bond donors (Lipinski definition) is 2. The van der Waals surface area contributed by atoms with E-state index in [4.69, 9.17) is 23.2 Å². The molecule has 0 radical (unpaired) electrons. The van der Waals surface area contributed by atoms with Gasteiger partial charge in [-0.2, -0.15) is 31.5 Å². The second kappa shape index (κ2) is 20.2. The van der Waals surface area contributed by atoms with Crippen LogP contribution in [0.25, 0.3) is 0 Å². The number of benzene rings is 4. The summed E-state index contributed by atoms with van der Waals surface area (Å²) in [4.78, 5) is 22.9. The number of halogens is 8. The summed E-state index contributed by atoms with van der Waals surface area (Å²) in [7, 11) is 0. The highest BCUT2D eigenvalue weighted by Crippen LogP contribution is 2.37. The third kappa shape index (κ3) is 12.7. The molecule has 3 aliphatic heterocycles. The van der Waals surface area contributed by atoms with Crippen LogP contribution < -0.4 is 10.9 Å². The van der Waals surface area contributed by atoms with E-state index in [1.54, 1.807) is 28.0 Å².